The summed E-state index contributed by atoms with van der Waals surface area (Å²) in [4.78, 5) is 8.64. The largest absolute Gasteiger partial charge is 0.385 e. The molecule has 112 valence electrons. The zero-order valence-electron chi connectivity index (χ0n) is 12.6. The first kappa shape index (κ1) is 15.3. The second kappa shape index (κ2) is 8.21. The van der Waals surface area contributed by atoms with E-state index in [1.165, 1.54) is 11.1 Å². The lowest BCUT2D eigenvalue weighted by molar-refractivity contribution is 0.197. The maximum atomic E-state index is 5.01. The predicted octanol–water partition coefficient (Wildman–Crippen LogP) is 2.85. The average Bonchev–Trinajstić information content (AvgIpc) is 2.50. The number of rotatable bonds is 8. The van der Waals surface area contributed by atoms with Gasteiger partial charge in [0.1, 0.15) is 5.82 Å². The van der Waals surface area contributed by atoms with Gasteiger partial charge in [0.05, 0.1) is 0 Å². The third kappa shape index (κ3) is 5.39. The van der Waals surface area contributed by atoms with Crippen LogP contribution in [-0.2, 0) is 11.3 Å². The summed E-state index contributed by atoms with van der Waals surface area (Å²) in [5.41, 5.74) is 2.50. The van der Waals surface area contributed by atoms with Crippen LogP contribution in [0.5, 0.6) is 0 Å². The van der Waals surface area contributed by atoms with Crippen LogP contribution < -0.4 is 10.6 Å². The molecule has 5 nitrogen and oxygen atoms in total. The van der Waals surface area contributed by atoms with Crippen molar-refractivity contribution in [2.75, 3.05) is 30.9 Å². The van der Waals surface area contributed by atoms with Crippen molar-refractivity contribution >= 4 is 11.8 Å². The van der Waals surface area contributed by atoms with Crippen molar-refractivity contribution < 1.29 is 4.74 Å². The van der Waals surface area contributed by atoms with Crippen LogP contribution in [0.4, 0.5) is 11.8 Å². The lowest BCUT2D eigenvalue weighted by Crippen LogP contribution is -2.09. The highest BCUT2D eigenvalue weighted by Crippen LogP contribution is 2.09. The number of ether oxygens (including phenoxy) is 1. The Morgan fingerprint density at radius 2 is 2.10 bits per heavy atom. The Balaban J connectivity index is 1.86. The molecule has 0 spiro atoms. The summed E-state index contributed by atoms with van der Waals surface area (Å²) in [6, 6.07) is 10.3. The number of methoxy groups -OCH3 is 1. The fourth-order valence-electron chi connectivity index (χ4n) is 1.97. The Kier molecular flexibility index (Phi) is 5.97. The van der Waals surface area contributed by atoms with Gasteiger partial charge in [-0.05, 0) is 25.0 Å². The maximum absolute atomic E-state index is 5.01. The molecular formula is C16H22N4O. The SMILES string of the molecule is COCCCNc1nccc(NCc2cccc(C)c2)n1. The molecule has 0 unspecified atom stereocenters. The van der Waals surface area contributed by atoms with Crippen molar-refractivity contribution in [2.24, 2.45) is 0 Å². The van der Waals surface area contributed by atoms with Gasteiger partial charge >= 0.3 is 0 Å². The molecule has 2 aromatic rings. The molecule has 0 radical (unpaired) electrons. The van der Waals surface area contributed by atoms with Crippen molar-refractivity contribution in [2.45, 2.75) is 19.9 Å². The average molecular weight is 286 g/mol. The molecule has 0 amide bonds. The standard InChI is InChI=1S/C16H22N4O/c1-13-5-3-6-14(11-13)12-19-15-7-9-18-16(20-15)17-8-4-10-21-2/h3,5-7,9,11H,4,8,10,12H2,1-2H3,(H2,17,18,19,20). The summed E-state index contributed by atoms with van der Waals surface area (Å²) < 4.78 is 5.01. The van der Waals surface area contributed by atoms with E-state index in [0.717, 1.165) is 31.9 Å². The van der Waals surface area contributed by atoms with Crippen LogP contribution in [0, 0.1) is 6.92 Å². The minimum absolute atomic E-state index is 0.639. The molecule has 1 heterocycles. The van der Waals surface area contributed by atoms with Gasteiger partial charge in [0.25, 0.3) is 0 Å². The molecule has 0 fully saturated rings. The van der Waals surface area contributed by atoms with E-state index in [2.05, 4.69) is 51.8 Å². The van der Waals surface area contributed by atoms with E-state index < -0.39 is 0 Å². The molecule has 1 aromatic heterocycles. The first-order valence-electron chi connectivity index (χ1n) is 7.13. The van der Waals surface area contributed by atoms with Crippen LogP contribution in [0.25, 0.3) is 0 Å². The first-order valence-corrected chi connectivity index (χ1v) is 7.13. The summed E-state index contributed by atoms with van der Waals surface area (Å²) in [7, 11) is 1.70. The van der Waals surface area contributed by atoms with Crippen LogP contribution >= 0.6 is 0 Å². The topological polar surface area (TPSA) is 59.1 Å². The number of nitrogens with zero attached hydrogens (tertiary/aromatic N) is 2. The number of anilines is 2. The number of nitrogens with one attached hydrogen (secondary N) is 2. The summed E-state index contributed by atoms with van der Waals surface area (Å²) in [5, 5.41) is 6.50. The highest BCUT2D eigenvalue weighted by atomic mass is 16.5. The van der Waals surface area contributed by atoms with Crippen LogP contribution in [0.1, 0.15) is 17.5 Å². The predicted molar refractivity (Wildman–Crippen MR) is 85.5 cm³/mol. The minimum Gasteiger partial charge on any atom is -0.385 e. The quantitative estimate of drug-likeness (QED) is 0.731. The van der Waals surface area contributed by atoms with Gasteiger partial charge in [0.15, 0.2) is 0 Å². The monoisotopic (exact) mass is 286 g/mol. The molecule has 0 bridgehead atoms. The summed E-state index contributed by atoms with van der Waals surface area (Å²) >= 11 is 0. The smallest absolute Gasteiger partial charge is 0.224 e. The van der Waals surface area contributed by atoms with Crippen molar-refractivity contribution in [3.05, 3.63) is 47.7 Å². The fraction of sp³-hybridized carbons (Fsp3) is 0.375. The van der Waals surface area contributed by atoms with E-state index >= 15 is 0 Å². The molecule has 21 heavy (non-hydrogen) atoms. The molecule has 2 rings (SSSR count). The van der Waals surface area contributed by atoms with Crippen LogP contribution in [-0.4, -0.2) is 30.2 Å². The third-order valence-electron chi connectivity index (χ3n) is 3.02. The van der Waals surface area contributed by atoms with Gasteiger partial charge in [0, 0.05) is 33.0 Å². The fourth-order valence-corrected chi connectivity index (χ4v) is 1.97. The van der Waals surface area contributed by atoms with Crippen molar-refractivity contribution in [1.82, 2.24) is 9.97 Å². The summed E-state index contributed by atoms with van der Waals surface area (Å²) in [6.07, 6.45) is 2.69. The highest BCUT2D eigenvalue weighted by molar-refractivity contribution is 5.40. The van der Waals surface area contributed by atoms with E-state index in [4.69, 9.17) is 4.74 Å². The second-order valence-corrected chi connectivity index (χ2v) is 4.88. The zero-order chi connectivity index (χ0) is 14.9. The molecule has 0 aliphatic carbocycles. The third-order valence-corrected chi connectivity index (χ3v) is 3.02. The van der Waals surface area contributed by atoms with Gasteiger partial charge in [-0.1, -0.05) is 29.8 Å². The Morgan fingerprint density at radius 3 is 2.90 bits per heavy atom. The molecular weight excluding hydrogens is 264 g/mol. The van der Waals surface area contributed by atoms with Crippen molar-refractivity contribution in [3.8, 4) is 0 Å². The lowest BCUT2D eigenvalue weighted by Gasteiger charge is -2.08. The van der Waals surface area contributed by atoms with Crippen LogP contribution in [0.3, 0.4) is 0 Å². The normalized spacial score (nSPS) is 10.4. The van der Waals surface area contributed by atoms with E-state index in [-0.39, 0.29) is 0 Å². The number of hydrogen-bond donors (Lipinski definition) is 2. The van der Waals surface area contributed by atoms with Crippen LogP contribution in [0.2, 0.25) is 0 Å². The van der Waals surface area contributed by atoms with Gasteiger partial charge in [-0.3, -0.25) is 0 Å². The van der Waals surface area contributed by atoms with E-state index in [0.29, 0.717) is 5.95 Å². The van der Waals surface area contributed by atoms with Crippen molar-refractivity contribution in [1.29, 1.82) is 0 Å². The maximum Gasteiger partial charge on any atom is 0.224 e. The number of aryl methyl sites for hydroxylation is 1. The van der Waals surface area contributed by atoms with Gasteiger partial charge in [-0.2, -0.15) is 4.98 Å². The molecule has 0 aliphatic heterocycles. The first-order chi connectivity index (χ1) is 10.3. The van der Waals surface area contributed by atoms with Gasteiger partial charge in [-0.25, -0.2) is 4.98 Å². The van der Waals surface area contributed by atoms with Gasteiger partial charge in [-0.15, -0.1) is 0 Å². The minimum atomic E-state index is 0.639. The number of aromatic nitrogens is 2. The van der Waals surface area contributed by atoms with Gasteiger partial charge < -0.3 is 15.4 Å². The van der Waals surface area contributed by atoms with E-state index in [1.54, 1.807) is 13.3 Å². The Labute approximate surface area is 125 Å². The highest BCUT2D eigenvalue weighted by Gasteiger charge is 1.99. The number of benzene rings is 1. The number of hydrogen-bond acceptors (Lipinski definition) is 5. The Morgan fingerprint density at radius 1 is 1.19 bits per heavy atom. The van der Waals surface area contributed by atoms with Crippen LogP contribution in [0.15, 0.2) is 36.5 Å². The molecule has 0 saturated heterocycles. The van der Waals surface area contributed by atoms with E-state index in [9.17, 15) is 0 Å². The van der Waals surface area contributed by atoms with E-state index in [1.807, 2.05) is 6.07 Å². The zero-order valence-corrected chi connectivity index (χ0v) is 12.6. The second-order valence-electron chi connectivity index (χ2n) is 4.88. The molecule has 0 atom stereocenters. The Bertz CT molecular complexity index is 559. The summed E-state index contributed by atoms with van der Waals surface area (Å²) in [6.45, 7) is 4.38. The van der Waals surface area contributed by atoms with Gasteiger partial charge in [0.2, 0.25) is 5.95 Å². The molecule has 5 heteroatoms. The molecule has 1 aromatic carbocycles. The molecule has 0 aliphatic rings. The Hall–Kier alpha value is -2.14. The molecule has 0 saturated carbocycles. The van der Waals surface area contributed by atoms with Crippen molar-refractivity contribution in [3.63, 3.8) is 0 Å². The summed E-state index contributed by atoms with van der Waals surface area (Å²) in [5.74, 6) is 1.46. The molecule has 2 N–H and O–H groups in total. The lowest BCUT2D eigenvalue weighted by atomic mass is 10.1.